The van der Waals surface area contributed by atoms with Crippen LogP contribution in [0.2, 0.25) is 0 Å². The van der Waals surface area contributed by atoms with Crippen LogP contribution < -0.4 is 0 Å². The van der Waals surface area contributed by atoms with Gasteiger partial charge in [-0.2, -0.15) is 0 Å². The first-order valence-corrected chi connectivity index (χ1v) is 18.2. The molecule has 1 N–H and O–H groups in total. The molecule has 0 aromatic rings. The van der Waals surface area contributed by atoms with Crippen LogP contribution in [0.15, 0.2) is 0 Å². The van der Waals surface area contributed by atoms with Crippen molar-refractivity contribution in [1.29, 1.82) is 0 Å². The molecule has 0 saturated carbocycles. The first-order valence-electron chi connectivity index (χ1n) is 18.2. The van der Waals surface area contributed by atoms with Crippen molar-refractivity contribution in [3.8, 4) is 0 Å². The molecule has 0 aliphatic rings. The van der Waals surface area contributed by atoms with Crippen LogP contribution in [0.4, 0.5) is 0 Å². The van der Waals surface area contributed by atoms with Crippen LogP contribution in [-0.2, 0) is 9.53 Å². The molecule has 40 heavy (non-hydrogen) atoms. The molecule has 0 aromatic carbocycles. The summed E-state index contributed by atoms with van der Waals surface area (Å²) in [6, 6.07) is 0. The second-order valence-corrected chi connectivity index (χ2v) is 12.3. The van der Waals surface area contributed by atoms with Gasteiger partial charge in [-0.15, -0.1) is 0 Å². The molecule has 0 aliphatic heterocycles. The van der Waals surface area contributed by atoms with E-state index in [4.69, 9.17) is 9.84 Å². The number of ether oxygens (including phenoxy) is 1. The maximum absolute atomic E-state index is 12.7. The number of hydrogen-bond donors (Lipinski definition) is 1. The fraction of sp³-hybridized carbons (Fsp3) is 0.972. The fourth-order valence-corrected chi connectivity index (χ4v) is 5.67. The average Bonchev–Trinajstić information content (AvgIpc) is 2.96. The minimum absolute atomic E-state index is 0.0226. The lowest BCUT2D eigenvalue weighted by molar-refractivity contribution is -0.136. The average molecular weight is 568 g/mol. The van der Waals surface area contributed by atoms with Gasteiger partial charge in [-0.1, -0.05) is 181 Å². The predicted octanol–water partition coefficient (Wildman–Crippen LogP) is 10.8. The second-order valence-electron chi connectivity index (χ2n) is 12.3. The van der Waals surface area contributed by atoms with E-state index in [0.29, 0.717) is 0 Å². The van der Waals surface area contributed by atoms with Crippen LogP contribution in [0.1, 0.15) is 194 Å². The summed E-state index contributed by atoms with van der Waals surface area (Å²) in [5.74, 6) is 0.0952. The van der Waals surface area contributed by atoms with E-state index in [0.717, 1.165) is 25.9 Å². The zero-order valence-electron chi connectivity index (χ0n) is 27.5. The van der Waals surface area contributed by atoms with Gasteiger partial charge in [0.05, 0.1) is 13.2 Å². The smallest absolute Gasteiger partial charge is 0.248 e. The Bertz CT molecular complexity index is 453. The van der Waals surface area contributed by atoms with Crippen LogP contribution in [0.25, 0.3) is 0 Å². The third-order valence-corrected chi connectivity index (χ3v) is 8.38. The van der Waals surface area contributed by atoms with Gasteiger partial charge in [-0.05, 0) is 12.8 Å². The van der Waals surface area contributed by atoms with Gasteiger partial charge < -0.3 is 14.7 Å². The minimum Gasteiger partial charge on any atom is -0.394 e. The predicted molar refractivity (Wildman–Crippen MR) is 175 cm³/mol. The molecule has 1 amide bonds. The van der Waals surface area contributed by atoms with Crippen LogP contribution in [0.3, 0.4) is 0 Å². The van der Waals surface area contributed by atoms with Crippen molar-refractivity contribution in [2.24, 2.45) is 0 Å². The molecule has 0 spiro atoms. The Morgan fingerprint density at radius 3 is 1.02 bits per heavy atom. The highest BCUT2D eigenvalue weighted by atomic mass is 16.5. The maximum Gasteiger partial charge on any atom is 0.248 e. The number of carbonyl (C=O) groups is 1. The Morgan fingerprint density at radius 2 is 0.750 bits per heavy atom. The Labute approximate surface area is 251 Å². The van der Waals surface area contributed by atoms with Gasteiger partial charge in [0.2, 0.25) is 5.91 Å². The highest BCUT2D eigenvalue weighted by Gasteiger charge is 2.13. The largest absolute Gasteiger partial charge is 0.394 e. The van der Waals surface area contributed by atoms with Crippen molar-refractivity contribution < 1.29 is 14.6 Å². The second kappa shape index (κ2) is 34.6. The molecule has 0 heterocycles. The first-order chi connectivity index (χ1) is 19.8. The number of rotatable bonds is 34. The van der Waals surface area contributed by atoms with E-state index in [-0.39, 0.29) is 25.7 Å². The van der Waals surface area contributed by atoms with E-state index in [2.05, 4.69) is 13.8 Å². The molecule has 0 unspecified atom stereocenters. The molecule has 0 aromatic heterocycles. The highest BCUT2D eigenvalue weighted by Crippen LogP contribution is 2.15. The molecular weight excluding hydrogens is 494 g/mol. The summed E-state index contributed by atoms with van der Waals surface area (Å²) in [4.78, 5) is 14.7. The standard InChI is InChI=1S/C36H73NO3/c1-3-5-7-9-11-13-15-17-19-21-23-25-27-29-31-37(36(39)35-40-34-33-38)32-30-28-26-24-22-20-18-16-14-12-10-8-6-4-2/h38H,3-35H2,1-2H3. The molecular formula is C36H73NO3. The van der Waals surface area contributed by atoms with Gasteiger partial charge in [0.15, 0.2) is 0 Å². The minimum atomic E-state index is -0.0226. The third-order valence-electron chi connectivity index (χ3n) is 8.38. The number of aliphatic hydroxyl groups is 1. The monoisotopic (exact) mass is 568 g/mol. The molecule has 0 radical (unpaired) electrons. The summed E-state index contributed by atoms with van der Waals surface area (Å²) in [7, 11) is 0. The zero-order chi connectivity index (χ0) is 29.2. The lowest BCUT2D eigenvalue weighted by Gasteiger charge is -2.23. The highest BCUT2D eigenvalue weighted by molar-refractivity contribution is 5.77. The summed E-state index contributed by atoms with van der Waals surface area (Å²) in [6.07, 6.45) is 38.0. The van der Waals surface area contributed by atoms with Crippen molar-refractivity contribution in [2.75, 3.05) is 32.9 Å². The number of aliphatic hydroxyl groups excluding tert-OH is 1. The van der Waals surface area contributed by atoms with Gasteiger partial charge in [0, 0.05) is 13.1 Å². The summed E-state index contributed by atoms with van der Waals surface area (Å²) in [5.41, 5.74) is 0. The van der Waals surface area contributed by atoms with Crippen molar-refractivity contribution >= 4 is 5.91 Å². The summed E-state index contributed by atoms with van der Waals surface area (Å²) < 4.78 is 5.33. The van der Waals surface area contributed by atoms with Crippen LogP contribution in [-0.4, -0.2) is 48.8 Å². The van der Waals surface area contributed by atoms with Crippen LogP contribution in [0.5, 0.6) is 0 Å². The third kappa shape index (κ3) is 30.4. The van der Waals surface area contributed by atoms with Gasteiger partial charge in [-0.25, -0.2) is 0 Å². The number of hydrogen-bond acceptors (Lipinski definition) is 3. The number of unbranched alkanes of at least 4 members (excludes halogenated alkanes) is 26. The summed E-state index contributed by atoms with van der Waals surface area (Å²) >= 11 is 0. The summed E-state index contributed by atoms with van der Waals surface area (Å²) in [5, 5.41) is 8.96. The normalized spacial score (nSPS) is 11.4. The van der Waals surface area contributed by atoms with E-state index >= 15 is 0 Å². The van der Waals surface area contributed by atoms with Crippen molar-refractivity contribution in [2.45, 2.75) is 194 Å². The van der Waals surface area contributed by atoms with E-state index in [9.17, 15) is 4.79 Å². The Kier molecular flexibility index (Phi) is 34.1. The zero-order valence-corrected chi connectivity index (χ0v) is 27.5. The lowest BCUT2D eigenvalue weighted by atomic mass is 10.0. The molecule has 240 valence electrons. The number of nitrogens with zero attached hydrogens (tertiary/aromatic N) is 1. The lowest BCUT2D eigenvalue weighted by Crippen LogP contribution is -2.36. The molecule has 0 aliphatic carbocycles. The molecule has 4 heteroatoms. The molecule has 4 nitrogen and oxygen atoms in total. The fourth-order valence-electron chi connectivity index (χ4n) is 5.67. The Hall–Kier alpha value is -0.610. The van der Waals surface area contributed by atoms with Crippen LogP contribution in [0, 0.1) is 0 Å². The molecule has 0 atom stereocenters. The van der Waals surface area contributed by atoms with Gasteiger partial charge >= 0.3 is 0 Å². The first kappa shape index (κ1) is 39.4. The molecule has 0 rings (SSSR count). The van der Waals surface area contributed by atoms with Gasteiger partial charge in [-0.3, -0.25) is 4.79 Å². The van der Waals surface area contributed by atoms with Crippen LogP contribution >= 0.6 is 0 Å². The number of carbonyl (C=O) groups excluding carboxylic acids is 1. The molecule has 0 fully saturated rings. The van der Waals surface area contributed by atoms with Crippen molar-refractivity contribution in [1.82, 2.24) is 4.90 Å². The SMILES string of the molecule is CCCCCCCCCCCCCCCCN(CCCCCCCCCCCCCCCC)C(=O)COCCO. The summed E-state index contributed by atoms with van der Waals surface area (Å²) in [6.45, 7) is 6.62. The quantitative estimate of drug-likeness (QED) is 0.0787. The van der Waals surface area contributed by atoms with E-state index in [1.54, 1.807) is 0 Å². The number of amides is 1. The Balaban J connectivity index is 3.77. The maximum atomic E-state index is 12.7. The topological polar surface area (TPSA) is 49.8 Å². The Morgan fingerprint density at radius 1 is 0.475 bits per heavy atom. The van der Waals surface area contributed by atoms with Crippen molar-refractivity contribution in [3.63, 3.8) is 0 Å². The van der Waals surface area contributed by atoms with Gasteiger partial charge in [0.1, 0.15) is 6.61 Å². The van der Waals surface area contributed by atoms with Crippen molar-refractivity contribution in [3.05, 3.63) is 0 Å². The molecule has 0 saturated heterocycles. The van der Waals surface area contributed by atoms with Gasteiger partial charge in [0.25, 0.3) is 0 Å². The molecule has 0 bridgehead atoms. The van der Waals surface area contributed by atoms with E-state index in [1.165, 1.54) is 167 Å². The van der Waals surface area contributed by atoms with E-state index in [1.807, 2.05) is 4.90 Å². The van der Waals surface area contributed by atoms with E-state index < -0.39 is 0 Å².